The Morgan fingerprint density at radius 3 is 2.33 bits per heavy atom. The van der Waals surface area contributed by atoms with Crippen molar-refractivity contribution in [2.45, 2.75) is 33.2 Å². The average molecular weight is 578 g/mol. The van der Waals surface area contributed by atoms with Gasteiger partial charge in [0.2, 0.25) is 0 Å². The van der Waals surface area contributed by atoms with Crippen LogP contribution in [0.1, 0.15) is 29.9 Å². The van der Waals surface area contributed by atoms with E-state index in [1.165, 1.54) is 17.0 Å². The van der Waals surface area contributed by atoms with Gasteiger partial charge in [-0.05, 0) is 65.3 Å². The van der Waals surface area contributed by atoms with Crippen molar-refractivity contribution in [3.05, 3.63) is 102 Å². The maximum Gasteiger partial charge on any atom is 0.310 e. The van der Waals surface area contributed by atoms with E-state index in [9.17, 15) is 25.0 Å². The molecule has 0 amide bonds. The number of nitrogens with zero attached hydrogens (tertiary/aromatic N) is 3. The average Bonchev–Trinajstić information content (AvgIpc) is 3.45. The molecule has 0 saturated heterocycles. The number of aryl methyl sites for hydroxylation is 1. The zero-order valence-corrected chi connectivity index (χ0v) is 23.3. The number of nitro groups is 2. The third kappa shape index (κ3) is 5.28. The Morgan fingerprint density at radius 1 is 0.950 bits per heavy atom. The predicted molar refractivity (Wildman–Crippen MR) is 156 cm³/mol. The topological polar surface area (TPSA) is 118 Å². The van der Waals surface area contributed by atoms with Crippen LogP contribution >= 0.6 is 22.9 Å². The predicted octanol–water partition coefficient (Wildman–Crippen LogP) is 7.71. The van der Waals surface area contributed by atoms with E-state index in [1.54, 1.807) is 24.3 Å². The Morgan fingerprint density at radius 2 is 1.68 bits per heavy atom. The van der Waals surface area contributed by atoms with Crippen LogP contribution in [0.3, 0.4) is 0 Å². The molecular weight excluding hydrogens is 554 g/mol. The number of non-ortho nitro benzene ring substituents is 2. The van der Waals surface area contributed by atoms with Gasteiger partial charge in [0.15, 0.2) is 0 Å². The summed E-state index contributed by atoms with van der Waals surface area (Å²) in [5.74, 6) is -0.345. The van der Waals surface area contributed by atoms with Crippen LogP contribution in [0.25, 0.3) is 32.1 Å². The maximum absolute atomic E-state index is 12.4. The van der Waals surface area contributed by atoms with Gasteiger partial charge in [-0.15, -0.1) is 11.3 Å². The summed E-state index contributed by atoms with van der Waals surface area (Å²) in [7, 11) is 0. The number of carbonyl (C=O) groups excluding carboxylic acids is 1. The zero-order chi connectivity index (χ0) is 28.6. The third-order valence-corrected chi connectivity index (χ3v) is 8.34. The number of hydrogen-bond acceptors (Lipinski definition) is 7. The first-order valence-corrected chi connectivity index (χ1v) is 13.8. The number of ether oxygens (including phenoxy) is 1. The van der Waals surface area contributed by atoms with E-state index in [1.807, 2.05) is 41.1 Å². The summed E-state index contributed by atoms with van der Waals surface area (Å²) in [5, 5.41) is 25.5. The van der Waals surface area contributed by atoms with Crippen molar-refractivity contribution in [2.24, 2.45) is 0 Å². The lowest BCUT2D eigenvalue weighted by Crippen LogP contribution is -2.07. The number of fused-ring (bicyclic) bond motifs is 2. The lowest BCUT2D eigenvalue weighted by atomic mass is 10.0. The minimum Gasteiger partial charge on any atom is -0.466 e. The second kappa shape index (κ2) is 11.1. The third-order valence-electron chi connectivity index (χ3n) is 6.75. The molecule has 2 heterocycles. The molecule has 5 aromatic rings. The van der Waals surface area contributed by atoms with Crippen molar-refractivity contribution >= 4 is 61.3 Å². The summed E-state index contributed by atoms with van der Waals surface area (Å²) in [6.07, 6.45) is 2.84. The van der Waals surface area contributed by atoms with Gasteiger partial charge in [0, 0.05) is 50.4 Å². The molecule has 204 valence electrons. The molecule has 11 heteroatoms. The lowest BCUT2D eigenvalue weighted by molar-refractivity contribution is -0.394. The number of carbonyl (C=O) groups is 1. The van der Waals surface area contributed by atoms with Crippen LogP contribution in [0, 0.1) is 20.2 Å². The van der Waals surface area contributed by atoms with Crippen LogP contribution in [0.15, 0.2) is 60.8 Å². The van der Waals surface area contributed by atoms with E-state index in [2.05, 4.69) is 6.92 Å². The molecule has 0 fully saturated rings. The first-order valence-electron chi connectivity index (χ1n) is 12.6. The Kier molecular flexibility index (Phi) is 7.55. The molecule has 0 aliphatic rings. The number of rotatable bonds is 9. The van der Waals surface area contributed by atoms with Crippen LogP contribution < -0.4 is 0 Å². The molecule has 0 radical (unpaired) electrons. The number of esters is 1. The highest BCUT2D eigenvalue weighted by Crippen LogP contribution is 2.37. The Labute approximate surface area is 237 Å². The van der Waals surface area contributed by atoms with E-state index in [4.69, 9.17) is 16.3 Å². The summed E-state index contributed by atoms with van der Waals surface area (Å²) in [5.41, 5.74) is 2.89. The van der Waals surface area contributed by atoms with Gasteiger partial charge in [0.05, 0.1) is 28.9 Å². The highest BCUT2D eigenvalue weighted by molar-refractivity contribution is 7.19. The van der Waals surface area contributed by atoms with Crippen molar-refractivity contribution in [1.82, 2.24) is 4.57 Å². The molecule has 2 aromatic heterocycles. The van der Waals surface area contributed by atoms with Crippen LogP contribution in [-0.2, 0) is 28.9 Å². The molecule has 40 heavy (non-hydrogen) atoms. The second-order valence-corrected chi connectivity index (χ2v) is 10.8. The van der Waals surface area contributed by atoms with Crippen LogP contribution in [0.4, 0.5) is 11.4 Å². The number of aromatic nitrogens is 1. The fraction of sp³-hybridized carbons (Fsp3) is 0.207. The molecule has 0 unspecified atom stereocenters. The van der Waals surface area contributed by atoms with Crippen molar-refractivity contribution in [3.63, 3.8) is 0 Å². The van der Waals surface area contributed by atoms with Gasteiger partial charge < -0.3 is 9.30 Å². The first kappa shape index (κ1) is 27.3. The normalized spacial score (nSPS) is 11.3. The highest BCUT2D eigenvalue weighted by atomic mass is 35.5. The van der Waals surface area contributed by atoms with Gasteiger partial charge in [0.1, 0.15) is 0 Å². The van der Waals surface area contributed by atoms with E-state index in [0.717, 1.165) is 44.6 Å². The molecule has 3 aromatic carbocycles. The smallest absolute Gasteiger partial charge is 0.310 e. The fourth-order valence-electron chi connectivity index (χ4n) is 4.96. The Hall–Kier alpha value is -4.28. The zero-order valence-electron chi connectivity index (χ0n) is 21.7. The van der Waals surface area contributed by atoms with Crippen molar-refractivity contribution in [3.8, 4) is 11.1 Å². The van der Waals surface area contributed by atoms with E-state index >= 15 is 0 Å². The van der Waals surface area contributed by atoms with Crippen LogP contribution in [0.2, 0.25) is 5.02 Å². The molecule has 0 atom stereocenters. The Bertz CT molecular complexity index is 1780. The highest BCUT2D eigenvalue weighted by Gasteiger charge is 2.20. The van der Waals surface area contributed by atoms with Crippen molar-refractivity contribution in [2.75, 3.05) is 6.61 Å². The van der Waals surface area contributed by atoms with Gasteiger partial charge in [0.25, 0.3) is 11.4 Å². The summed E-state index contributed by atoms with van der Waals surface area (Å²) < 4.78 is 8.36. The second-order valence-electron chi connectivity index (χ2n) is 9.25. The molecule has 9 nitrogen and oxygen atoms in total. The number of hydrogen-bond donors (Lipinski definition) is 0. The SMILES string of the molecule is CCOC(=O)Cc1cn(Cc2c(CC)sc3ccc(Cl)cc23)c2cc(-c3cc([N+](=O)[O-])cc([N+](=O)[O-])c3)ccc12. The van der Waals surface area contributed by atoms with Crippen molar-refractivity contribution in [1.29, 1.82) is 0 Å². The lowest BCUT2D eigenvalue weighted by Gasteiger charge is -2.09. The Balaban J connectivity index is 1.69. The number of halogens is 1. The molecule has 0 aliphatic heterocycles. The monoisotopic (exact) mass is 577 g/mol. The first-order chi connectivity index (χ1) is 19.2. The molecule has 5 rings (SSSR count). The number of nitro benzene ring substituents is 2. The molecule has 0 spiro atoms. The fourth-order valence-corrected chi connectivity index (χ4v) is 6.27. The van der Waals surface area contributed by atoms with E-state index < -0.39 is 9.85 Å². The maximum atomic E-state index is 12.4. The minimum atomic E-state index is -0.645. The van der Waals surface area contributed by atoms with E-state index in [-0.39, 0.29) is 30.4 Å². The number of thiophene rings is 1. The summed E-state index contributed by atoms with van der Waals surface area (Å²) in [4.78, 5) is 35.3. The van der Waals surface area contributed by atoms with Crippen molar-refractivity contribution < 1.29 is 19.4 Å². The van der Waals surface area contributed by atoms with Gasteiger partial charge in [-0.25, -0.2) is 0 Å². The summed E-state index contributed by atoms with van der Waals surface area (Å²) in [6, 6.07) is 14.9. The van der Waals surface area contributed by atoms with Gasteiger partial charge in [-0.1, -0.05) is 30.7 Å². The molecule has 0 aliphatic carbocycles. The van der Waals surface area contributed by atoms with E-state index in [0.29, 0.717) is 22.7 Å². The van der Waals surface area contributed by atoms with Gasteiger partial charge in [-0.3, -0.25) is 25.0 Å². The molecule has 0 bridgehead atoms. The largest absolute Gasteiger partial charge is 0.466 e. The van der Waals surface area contributed by atoms with Gasteiger partial charge in [-0.2, -0.15) is 0 Å². The summed E-state index contributed by atoms with van der Waals surface area (Å²) >= 11 is 8.06. The quantitative estimate of drug-likeness (QED) is 0.101. The summed E-state index contributed by atoms with van der Waals surface area (Å²) in [6.45, 7) is 4.63. The number of benzene rings is 3. The standard InChI is InChI=1S/C29H24ClN3O6S/c1-3-27-25(24-13-20(30)6-8-28(24)40-27)16-31-15-19(12-29(34)39-4-2)23-7-5-17(11-26(23)31)18-9-21(32(35)36)14-22(10-18)33(37)38/h5-11,13-15H,3-4,12,16H2,1-2H3. The molecule has 0 N–H and O–H groups in total. The van der Waals surface area contributed by atoms with Gasteiger partial charge >= 0.3 is 5.97 Å². The molecule has 0 saturated carbocycles. The molecular formula is C29H24ClN3O6S. The van der Waals surface area contributed by atoms with Crippen LogP contribution in [-0.4, -0.2) is 27.0 Å². The van der Waals surface area contributed by atoms with Crippen LogP contribution in [0.5, 0.6) is 0 Å². The minimum absolute atomic E-state index is 0.0792.